The minimum atomic E-state index is -0.948. The Hall–Kier alpha value is 0.200. The second kappa shape index (κ2) is 7.31. The third kappa shape index (κ3) is 11.1. The van der Waals surface area contributed by atoms with Crippen molar-refractivity contribution in [1.29, 1.82) is 0 Å². The van der Waals surface area contributed by atoms with Gasteiger partial charge < -0.3 is 10.2 Å². The third-order valence-electron chi connectivity index (χ3n) is 0.781. The summed E-state index contributed by atoms with van der Waals surface area (Å²) in [6, 6.07) is 0. The Balaban J connectivity index is 0. The molecule has 0 aliphatic carbocycles. The SMILES string of the molecule is O=C(O)CCCC(=O)O.[Ca]. The molecule has 0 rings (SSSR count). The first-order valence-electron chi connectivity index (χ1n) is 2.56. The van der Waals surface area contributed by atoms with Crippen LogP contribution in [0.25, 0.3) is 0 Å². The standard InChI is InChI=1S/C5H8O4.Ca/c6-4(7)2-1-3-5(8)9;/h1-3H2,(H,6,7)(H,8,9);. The first-order valence-corrected chi connectivity index (χ1v) is 2.56. The van der Waals surface area contributed by atoms with Crippen molar-refractivity contribution >= 4 is 49.7 Å². The molecule has 0 aromatic carbocycles. The van der Waals surface area contributed by atoms with Crippen molar-refractivity contribution in [2.75, 3.05) is 0 Å². The maximum Gasteiger partial charge on any atom is 0.303 e. The van der Waals surface area contributed by atoms with E-state index in [1.165, 1.54) is 0 Å². The first kappa shape index (κ1) is 12.8. The van der Waals surface area contributed by atoms with E-state index in [2.05, 4.69) is 0 Å². The van der Waals surface area contributed by atoms with E-state index in [0.717, 1.165) is 0 Å². The smallest absolute Gasteiger partial charge is 0.303 e. The summed E-state index contributed by atoms with van der Waals surface area (Å²) in [5.74, 6) is -1.90. The summed E-state index contributed by atoms with van der Waals surface area (Å²) in [6.45, 7) is 0. The van der Waals surface area contributed by atoms with Gasteiger partial charge in [0.2, 0.25) is 0 Å². The van der Waals surface area contributed by atoms with Gasteiger partial charge in [-0.25, -0.2) is 0 Å². The molecule has 54 valence electrons. The predicted molar refractivity (Wildman–Crippen MR) is 34.9 cm³/mol. The average molecular weight is 172 g/mol. The molecule has 0 unspecified atom stereocenters. The molecule has 10 heavy (non-hydrogen) atoms. The van der Waals surface area contributed by atoms with Gasteiger partial charge in [-0.3, -0.25) is 9.59 Å². The van der Waals surface area contributed by atoms with E-state index < -0.39 is 11.9 Å². The quantitative estimate of drug-likeness (QED) is 0.583. The van der Waals surface area contributed by atoms with Crippen molar-refractivity contribution in [3.63, 3.8) is 0 Å². The van der Waals surface area contributed by atoms with Crippen molar-refractivity contribution in [2.45, 2.75) is 19.3 Å². The number of carboxylic acid groups (broad SMARTS) is 2. The Morgan fingerprint density at radius 3 is 1.50 bits per heavy atom. The van der Waals surface area contributed by atoms with E-state index in [-0.39, 0.29) is 57.0 Å². The summed E-state index contributed by atoms with van der Waals surface area (Å²) in [4.78, 5) is 19.6. The van der Waals surface area contributed by atoms with Crippen LogP contribution in [0.5, 0.6) is 0 Å². The summed E-state index contributed by atoms with van der Waals surface area (Å²) in [7, 11) is 0. The average Bonchev–Trinajstić information content (AvgIpc) is 1.63. The molecular formula is C5H8CaO4. The van der Waals surface area contributed by atoms with E-state index in [1.54, 1.807) is 0 Å². The van der Waals surface area contributed by atoms with Gasteiger partial charge in [-0.05, 0) is 6.42 Å². The van der Waals surface area contributed by atoms with Gasteiger partial charge in [-0.2, -0.15) is 0 Å². The van der Waals surface area contributed by atoms with Crippen LogP contribution in [-0.4, -0.2) is 59.9 Å². The Kier molecular flexibility index (Phi) is 9.38. The van der Waals surface area contributed by atoms with Gasteiger partial charge in [0, 0.05) is 50.6 Å². The third-order valence-corrected chi connectivity index (χ3v) is 0.781. The van der Waals surface area contributed by atoms with Crippen LogP contribution in [0.3, 0.4) is 0 Å². The van der Waals surface area contributed by atoms with Crippen LogP contribution in [0.1, 0.15) is 19.3 Å². The van der Waals surface area contributed by atoms with Crippen LogP contribution in [0.4, 0.5) is 0 Å². The van der Waals surface area contributed by atoms with Crippen molar-refractivity contribution < 1.29 is 19.8 Å². The van der Waals surface area contributed by atoms with Crippen LogP contribution in [0.2, 0.25) is 0 Å². The summed E-state index contributed by atoms with van der Waals surface area (Å²) in [5, 5.41) is 16.1. The molecular weight excluding hydrogens is 164 g/mol. The van der Waals surface area contributed by atoms with Crippen molar-refractivity contribution in [3.8, 4) is 0 Å². The van der Waals surface area contributed by atoms with Gasteiger partial charge >= 0.3 is 11.9 Å². The number of hydrogen-bond acceptors (Lipinski definition) is 2. The van der Waals surface area contributed by atoms with E-state index in [9.17, 15) is 9.59 Å². The zero-order valence-electron chi connectivity index (χ0n) is 5.54. The molecule has 2 radical (unpaired) electrons. The molecule has 4 nitrogen and oxygen atoms in total. The van der Waals surface area contributed by atoms with Crippen molar-refractivity contribution in [2.24, 2.45) is 0 Å². The second-order valence-electron chi connectivity index (χ2n) is 1.64. The number of hydrogen-bond donors (Lipinski definition) is 2. The van der Waals surface area contributed by atoms with Gasteiger partial charge in [0.05, 0.1) is 0 Å². The number of carbonyl (C=O) groups is 2. The molecule has 0 heterocycles. The summed E-state index contributed by atoms with van der Waals surface area (Å²) in [5.41, 5.74) is 0. The van der Waals surface area contributed by atoms with E-state index in [0.29, 0.717) is 0 Å². The number of aliphatic carboxylic acids is 2. The molecule has 0 aromatic rings. The zero-order chi connectivity index (χ0) is 7.28. The molecule has 2 N–H and O–H groups in total. The summed E-state index contributed by atoms with van der Waals surface area (Å²) in [6.07, 6.45) is 0.0866. The fourth-order valence-corrected chi connectivity index (χ4v) is 0.391. The second-order valence-corrected chi connectivity index (χ2v) is 1.64. The van der Waals surface area contributed by atoms with Crippen LogP contribution in [0, 0.1) is 0 Å². The molecule has 0 aliphatic rings. The van der Waals surface area contributed by atoms with Crippen LogP contribution in [0.15, 0.2) is 0 Å². The van der Waals surface area contributed by atoms with Gasteiger partial charge in [-0.15, -0.1) is 0 Å². The van der Waals surface area contributed by atoms with E-state index in [1.807, 2.05) is 0 Å². The Morgan fingerprint density at radius 2 is 1.30 bits per heavy atom. The Labute approximate surface area is 88.2 Å². The first-order chi connectivity index (χ1) is 4.13. The molecule has 0 fully saturated rings. The minimum Gasteiger partial charge on any atom is -0.481 e. The van der Waals surface area contributed by atoms with Gasteiger partial charge in [0.15, 0.2) is 0 Å². The Morgan fingerprint density at radius 1 is 1.00 bits per heavy atom. The number of rotatable bonds is 4. The van der Waals surface area contributed by atoms with E-state index >= 15 is 0 Å². The van der Waals surface area contributed by atoms with Gasteiger partial charge in [0.25, 0.3) is 0 Å². The molecule has 0 amide bonds. The van der Waals surface area contributed by atoms with E-state index in [4.69, 9.17) is 10.2 Å². The van der Waals surface area contributed by atoms with Crippen molar-refractivity contribution in [1.82, 2.24) is 0 Å². The van der Waals surface area contributed by atoms with Crippen LogP contribution >= 0.6 is 0 Å². The van der Waals surface area contributed by atoms with Crippen molar-refractivity contribution in [3.05, 3.63) is 0 Å². The monoisotopic (exact) mass is 172 g/mol. The fraction of sp³-hybridized carbons (Fsp3) is 0.600. The zero-order valence-corrected chi connectivity index (χ0v) is 7.75. The normalized spacial score (nSPS) is 8.00. The maximum atomic E-state index is 9.79. The molecule has 0 saturated heterocycles. The number of carboxylic acids is 2. The maximum absolute atomic E-state index is 9.79. The predicted octanol–water partition coefficient (Wildman–Crippen LogP) is -0.0549. The van der Waals surface area contributed by atoms with Crippen LogP contribution < -0.4 is 0 Å². The molecule has 5 heteroatoms. The van der Waals surface area contributed by atoms with Crippen LogP contribution in [-0.2, 0) is 9.59 Å². The largest absolute Gasteiger partial charge is 0.481 e. The molecule has 0 aromatic heterocycles. The Bertz CT molecular complexity index is 109. The molecule has 0 atom stereocenters. The molecule has 0 bridgehead atoms. The molecule has 0 spiro atoms. The van der Waals surface area contributed by atoms with Gasteiger partial charge in [-0.1, -0.05) is 0 Å². The molecule has 0 saturated carbocycles. The fourth-order valence-electron chi connectivity index (χ4n) is 0.391. The summed E-state index contributed by atoms with van der Waals surface area (Å²) < 4.78 is 0. The molecule has 0 aliphatic heterocycles. The summed E-state index contributed by atoms with van der Waals surface area (Å²) >= 11 is 0. The minimum absolute atomic E-state index is 0. The van der Waals surface area contributed by atoms with Gasteiger partial charge in [0.1, 0.15) is 0 Å². The topological polar surface area (TPSA) is 74.6 Å².